The molecule has 0 N–H and O–H groups in total. The highest BCUT2D eigenvalue weighted by atomic mass is 16.2. The number of nitrogens with zero attached hydrogens (tertiary/aromatic N) is 3. The molecular weight excluding hydrogens is 514 g/mol. The Labute approximate surface area is 256 Å². The number of likely N-dealkylation sites (N-methyl/N-ethyl adjacent to an activating group) is 1. The Kier molecular flexibility index (Phi) is 14.1. The second-order valence-electron chi connectivity index (χ2n) is 12.2. The number of likely N-dealkylation sites (tertiary alicyclic amines) is 1. The van der Waals surface area contributed by atoms with E-state index in [4.69, 9.17) is 0 Å². The van der Waals surface area contributed by atoms with Gasteiger partial charge in [0, 0.05) is 49.7 Å². The van der Waals surface area contributed by atoms with E-state index in [9.17, 15) is 4.79 Å². The summed E-state index contributed by atoms with van der Waals surface area (Å²) in [5.41, 5.74) is 5.55. The monoisotopic (exact) mass is 569 g/mol. The summed E-state index contributed by atoms with van der Waals surface area (Å²) in [6.07, 6.45) is 18.5. The van der Waals surface area contributed by atoms with Crippen LogP contribution in [0.3, 0.4) is 0 Å². The zero-order valence-corrected chi connectivity index (χ0v) is 27.2. The molecule has 2 aromatic carbocycles. The highest BCUT2D eigenvalue weighted by Gasteiger charge is 2.29. The van der Waals surface area contributed by atoms with Gasteiger partial charge in [0.25, 0.3) is 5.91 Å². The van der Waals surface area contributed by atoms with Crippen LogP contribution in [0.25, 0.3) is 0 Å². The van der Waals surface area contributed by atoms with Gasteiger partial charge in [0.05, 0.1) is 0 Å². The third-order valence-corrected chi connectivity index (χ3v) is 8.41. The van der Waals surface area contributed by atoms with Crippen molar-refractivity contribution < 1.29 is 4.79 Å². The first-order valence-electron chi connectivity index (χ1n) is 16.3. The van der Waals surface area contributed by atoms with Crippen LogP contribution >= 0.6 is 0 Å². The number of carbonyl (C=O) groups is 1. The molecule has 1 amide bonds. The molecule has 42 heavy (non-hydrogen) atoms. The van der Waals surface area contributed by atoms with E-state index in [0.29, 0.717) is 6.54 Å². The first kappa shape index (κ1) is 33.4. The summed E-state index contributed by atoms with van der Waals surface area (Å²) < 4.78 is 0. The topological polar surface area (TPSA) is 26.8 Å². The normalized spacial score (nSPS) is 15.3. The van der Waals surface area contributed by atoms with Crippen molar-refractivity contribution in [2.24, 2.45) is 5.92 Å². The molecule has 0 aromatic heterocycles. The van der Waals surface area contributed by atoms with Crippen LogP contribution < -0.4 is 4.90 Å². The first-order chi connectivity index (χ1) is 20.4. The van der Waals surface area contributed by atoms with Crippen molar-refractivity contribution >= 4 is 11.6 Å². The van der Waals surface area contributed by atoms with E-state index in [0.717, 1.165) is 61.8 Å². The zero-order valence-electron chi connectivity index (χ0n) is 27.2. The minimum atomic E-state index is 0.154. The van der Waals surface area contributed by atoms with Crippen molar-refractivity contribution in [3.8, 4) is 0 Å². The van der Waals surface area contributed by atoms with Crippen LogP contribution in [0, 0.1) is 5.92 Å². The number of benzene rings is 2. The fourth-order valence-electron chi connectivity index (χ4n) is 5.64. The second-order valence-corrected chi connectivity index (χ2v) is 12.2. The van der Waals surface area contributed by atoms with Crippen molar-refractivity contribution in [3.05, 3.63) is 101 Å². The summed E-state index contributed by atoms with van der Waals surface area (Å²) in [7, 11) is 2.10. The maximum absolute atomic E-state index is 14.0. The predicted octanol–water partition coefficient (Wildman–Crippen LogP) is 9.04. The van der Waals surface area contributed by atoms with Gasteiger partial charge >= 0.3 is 0 Å². The van der Waals surface area contributed by atoms with E-state index in [2.05, 4.69) is 103 Å². The maximum atomic E-state index is 14.0. The van der Waals surface area contributed by atoms with Crippen molar-refractivity contribution in [1.82, 2.24) is 9.80 Å². The molecule has 228 valence electrons. The van der Waals surface area contributed by atoms with E-state index < -0.39 is 0 Å². The van der Waals surface area contributed by atoms with Crippen LogP contribution in [-0.4, -0.2) is 48.4 Å². The van der Waals surface area contributed by atoms with Gasteiger partial charge in [-0.05, 0) is 106 Å². The molecule has 2 aromatic rings. The average Bonchev–Trinajstić information content (AvgIpc) is 3.01. The lowest BCUT2D eigenvalue weighted by Gasteiger charge is -2.39. The molecule has 3 rings (SSSR count). The van der Waals surface area contributed by atoms with Gasteiger partial charge in [-0.15, -0.1) is 0 Å². The molecule has 1 aliphatic heterocycles. The maximum Gasteiger partial charge on any atom is 0.254 e. The Morgan fingerprint density at radius 2 is 1.62 bits per heavy atom. The van der Waals surface area contributed by atoms with E-state index in [-0.39, 0.29) is 11.9 Å². The lowest BCUT2D eigenvalue weighted by molar-refractivity contribution is 0.0546. The summed E-state index contributed by atoms with van der Waals surface area (Å²) in [6.45, 7) is 14.8. The lowest BCUT2D eigenvalue weighted by Crippen LogP contribution is -2.47. The van der Waals surface area contributed by atoms with Crippen LogP contribution in [-0.2, 0) is 13.0 Å². The Morgan fingerprint density at radius 1 is 0.952 bits per heavy atom. The Morgan fingerprint density at radius 3 is 2.21 bits per heavy atom. The van der Waals surface area contributed by atoms with Crippen LogP contribution in [0.15, 0.2) is 84.6 Å². The Hall–Kier alpha value is -3.11. The average molecular weight is 570 g/mol. The summed E-state index contributed by atoms with van der Waals surface area (Å²) in [6, 6.07) is 17.4. The summed E-state index contributed by atoms with van der Waals surface area (Å²) in [4.78, 5) is 21.0. The Balaban J connectivity index is 1.78. The predicted molar refractivity (Wildman–Crippen MR) is 181 cm³/mol. The molecule has 1 aliphatic rings. The van der Waals surface area contributed by atoms with Gasteiger partial charge in [0.1, 0.15) is 0 Å². The second kappa shape index (κ2) is 17.8. The van der Waals surface area contributed by atoms with Crippen LogP contribution in [0.5, 0.6) is 0 Å². The number of unbranched alkanes of at least 4 members (excludes halogenated alkanes) is 2. The molecule has 1 fully saturated rings. The van der Waals surface area contributed by atoms with E-state index >= 15 is 0 Å². The summed E-state index contributed by atoms with van der Waals surface area (Å²) in [5.74, 6) is 0.877. The van der Waals surface area contributed by atoms with Crippen molar-refractivity contribution in [1.29, 1.82) is 0 Å². The van der Waals surface area contributed by atoms with Crippen LogP contribution in [0.2, 0.25) is 0 Å². The largest absolute Gasteiger partial charge is 0.345 e. The van der Waals surface area contributed by atoms with E-state index in [1.54, 1.807) is 0 Å². The van der Waals surface area contributed by atoms with Gasteiger partial charge in [-0.1, -0.05) is 76.1 Å². The quantitative estimate of drug-likeness (QED) is 0.158. The minimum Gasteiger partial charge on any atom is -0.345 e. The van der Waals surface area contributed by atoms with Gasteiger partial charge in [-0.2, -0.15) is 0 Å². The molecule has 4 heteroatoms. The highest BCUT2D eigenvalue weighted by molar-refractivity contribution is 5.94. The number of hydrogen-bond acceptors (Lipinski definition) is 3. The number of rotatable bonds is 15. The number of allylic oxidation sites excluding steroid dienone is 5. The molecule has 0 spiro atoms. The van der Waals surface area contributed by atoms with Crippen LogP contribution in [0.1, 0.15) is 94.6 Å². The lowest BCUT2D eigenvalue weighted by atomic mass is 9.99. The third kappa shape index (κ3) is 10.3. The highest BCUT2D eigenvalue weighted by Crippen LogP contribution is 2.25. The molecule has 4 nitrogen and oxygen atoms in total. The number of anilines is 1. The zero-order chi connectivity index (χ0) is 30.3. The molecule has 0 saturated carbocycles. The molecule has 1 heterocycles. The van der Waals surface area contributed by atoms with Crippen molar-refractivity contribution in [3.63, 3.8) is 0 Å². The van der Waals surface area contributed by atoms with Gasteiger partial charge in [-0.25, -0.2) is 0 Å². The third-order valence-electron chi connectivity index (χ3n) is 8.41. The van der Waals surface area contributed by atoms with Gasteiger partial charge in [-0.3, -0.25) is 4.79 Å². The van der Waals surface area contributed by atoms with Crippen molar-refractivity contribution in [2.45, 2.75) is 92.2 Å². The van der Waals surface area contributed by atoms with Crippen molar-refractivity contribution in [2.75, 3.05) is 31.6 Å². The summed E-state index contributed by atoms with van der Waals surface area (Å²) in [5, 5.41) is 0. The first-order valence-corrected chi connectivity index (χ1v) is 16.3. The van der Waals surface area contributed by atoms with Crippen LogP contribution in [0.4, 0.5) is 5.69 Å². The molecule has 0 bridgehead atoms. The number of carbonyl (C=O) groups excluding carboxylic acids is 1. The minimum absolute atomic E-state index is 0.154. The SMILES string of the molecule is CC=C/C=C(\C=C/C)N(C)c1ccc(CN(C(=O)c2ccc(CCCCC)cc2)C2CCN(CCC(C)C)CC2)cc1. The summed E-state index contributed by atoms with van der Waals surface area (Å²) >= 11 is 0. The molecule has 0 aliphatic carbocycles. The fraction of sp³-hybridized carbons (Fsp3) is 0.500. The molecular formula is C38H55N3O. The standard InChI is InChI=1S/C38H55N3O/c1-7-10-12-14-32-16-20-34(21-17-32)38(42)41(37-25-28-40(29-26-37)27-24-31(4)5)30-33-18-22-36(23-19-33)39(6)35(13-9-3)15-11-8-2/h8-9,11,13,15-23,31,37H,7,10,12,14,24-30H2,1-6H3/b11-8?,13-9-,35-15+. The number of aryl methyl sites for hydroxylation is 1. The molecule has 1 saturated heterocycles. The molecule has 0 radical (unpaired) electrons. The van der Waals surface area contributed by atoms with Gasteiger partial charge in [0.15, 0.2) is 0 Å². The van der Waals surface area contributed by atoms with Gasteiger partial charge in [0.2, 0.25) is 0 Å². The molecule has 0 atom stereocenters. The number of piperidine rings is 1. The smallest absolute Gasteiger partial charge is 0.254 e. The number of amides is 1. The van der Waals surface area contributed by atoms with E-state index in [1.807, 2.05) is 32.1 Å². The van der Waals surface area contributed by atoms with E-state index in [1.165, 1.54) is 36.8 Å². The molecule has 0 unspecified atom stereocenters. The fourth-order valence-corrected chi connectivity index (χ4v) is 5.64. The van der Waals surface area contributed by atoms with Gasteiger partial charge < -0.3 is 14.7 Å². The number of hydrogen-bond donors (Lipinski definition) is 0. The Bertz CT molecular complexity index is 1150.